The van der Waals surface area contributed by atoms with Gasteiger partial charge in [-0.1, -0.05) is 77.9 Å². The highest BCUT2D eigenvalue weighted by Gasteiger charge is 2.34. The number of hydrogen-bond acceptors (Lipinski definition) is 3. The van der Waals surface area contributed by atoms with Crippen LogP contribution in [0, 0.1) is 0 Å². The molecule has 0 atom stereocenters. The molecule has 0 fully saturated rings. The summed E-state index contributed by atoms with van der Waals surface area (Å²) in [4.78, 5) is 29.0. The van der Waals surface area contributed by atoms with Gasteiger partial charge in [0.05, 0.1) is 8.07 Å². The lowest BCUT2D eigenvalue weighted by atomic mass is 9.85. The minimum absolute atomic E-state index is 0.0477. The smallest absolute Gasteiger partial charge is 0.261 e. The van der Waals surface area contributed by atoms with E-state index in [1.54, 1.807) is 24.3 Å². The number of hydrogen-bond donors (Lipinski definition) is 3. The molecule has 32 heavy (non-hydrogen) atoms. The molecule has 5 nitrogen and oxygen atoms in total. The predicted octanol–water partition coefficient (Wildman–Crippen LogP) is 5.50. The largest absolute Gasteiger partial charge is 0.508 e. The van der Waals surface area contributed by atoms with E-state index in [-0.39, 0.29) is 22.2 Å². The average Bonchev–Trinajstić information content (AvgIpc) is 2.76. The maximum Gasteiger partial charge on any atom is 0.261 e. The Morgan fingerprint density at radius 1 is 1.06 bits per heavy atom. The van der Waals surface area contributed by atoms with E-state index in [4.69, 9.17) is 0 Å². The number of aromatic hydroxyl groups is 1. The first kappa shape index (κ1) is 23.8. The van der Waals surface area contributed by atoms with Crippen LogP contribution in [-0.2, 0) is 5.41 Å². The van der Waals surface area contributed by atoms with Crippen LogP contribution in [0.4, 0.5) is 5.69 Å². The van der Waals surface area contributed by atoms with Gasteiger partial charge in [0.25, 0.3) is 5.91 Å². The number of phenols is 1. The number of pyridine rings is 1. The second-order valence-corrected chi connectivity index (χ2v) is 14.8. The van der Waals surface area contributed by atoms with Gasteiger partial charge < -0.3 is 15.4 Å². The SMILES string of the molecule is CC[Si](CC)(CC)c1cc(C(C)(C)C)c(NC(=O)c2c[nH]c3ccccc3c2=O)cc1O. The van der Waals surface area contributed by atoms with Crippen molar-refractivity contribution in [3.63, 3.8) is 0 Å². The van der Waals surface area contributed by atoms with E-state index in [2.05, 4.69) is 57.9 Å². The summed E-state index contributed by atoms with van der Waals surface area (Å²) in [5.74, 6) is -0.252. The summed E-state index contributed by atoms with van der Waals surface area (Å²) in [6.45, 7) is 12.9. The number of aromatic nitrogens is 1. The maximum absolute atomic E-state index is 13.1. The van der Waals surface area contributed by atoms with Crippen molar-refractivity contribution in [1.29, 1.82) is 0 Å². The molecule has 170 valence electrons. The molecular formula is C26H34N2O3Si. The third kappa shape index (κ3) is 4.24. The molecule has 3 rings (SSSR count). The number of aromatic amines is 1. The van der Waals surface area contributed by atoms with Crippen LogP contribution >= 0.6 is 0 Å². The molecular weight excluding hydrogens is 416 g/mol. The summed E-state index contributed by atoms with van der Waals surface area (Å²) in [5, 5.41) is 15.4. The maximum atomic E-state index is 13.1. The molecule has 6 heteroatoms. The second kappa shape index (κ2) is 8.94. The normalized spacial score (nSPS) is 12.2. The van der Waals surface area contributed by atoms with E-state index in [0.29, 0.717) is 16.6 Å². The Kier molecular flexibility index (Phi) is 6.65. The number of amides is 1. The third-order valence-corrected chi connectivity index (χ3v) is 12.4. The Balaban J connectivity index is 2.10. The summed E-state index contributed by atoms with van der Waals surface area (Å²) >= 11 is 0. The number of H-pyrrole nitrogens is 1. The van der Waals surface area contributed by atoms with Gasteiger partial charge in [0.2, 0.25) is 5.43 Å². The van der Waals surface area contributed by atoms with Crippen molar-refractivity contribution in [3.05, 3.63) is 63.9 Å². The number of benzene rings is 2. The van der Waals surface area contributed by atoms with Crippen LogP contribution < -0.4 is 15.9 Å². The fourth-order valence-corrected chi connectivity index (χ4v) is 8.29. The minimum atomic E-state index is -1.83. The molecule has 1 aromatic heterocycles. The van der Waals surface area contributed by atoms with Crippen molar-refractivity contribution < 1.29 is 9.90 Å². The molecule has 0 spiro atoms. The van der Waals surface area contributed by atoms with Gasteiger partial charge in [0.15, 0.2) is 0 Å². The van der Waals surface area contributed by atoms with Gasteiger partial charge in [0, 0.05) is 28.9 Å². The molecule has 3 aromatic rings. The highest BCUT2D eigenvalue weighted by molar-refractivity contribution is 6.92. The number of anilines is 1. The summed E-state index contributed by atoms with van der Waals surface area (Å²) in [7, 11) is -1.83. The standard InChI is InChI=1S/C26H34N2O3Si/c1-7-32(8-2,9-3)23-14-19(26(4,5)6)21(15-22(23)29)28-25(31)18-16-27-20-13-11-10-12-17(20)24(18)30/h10-16,29H,7-9H2,1-6H3,(H,27,30)(H,28,31). The Hall–Kier alpha value is -2.86. The first-order chi connectivity index (χ1) is 15.1. The van der Waals surface area contributed by atoms with Gasteiger partial charge >= 0.3 is 0 Å². The van der Waals surface area contributed by atoms with Crippen LogP contribution in [-0.4, -0.2) is 24.1 Å². The third-order valence-electron chi connectivity index (χ3n) is 6.83. The highest BCUT2D eigenvalue weighted by atomic mass is 28.3. The van der Waals surface area contributed by atoms with Crippen LogP contribution in [0.25, 0.3) is 10.9 Å². The summed E-state index contributed by atoms with van der Waals surface area (Å²) in [5.41, 5.74) is 1.67. The van der Waals surface area contributed by atoms with E-state index in [1.165, 1.54) is 6.20 Å². The van der Waals surface area contributed by atoms with E-state index in [9.17, 15) is 14.7 Å². The quantitative estimate of drug-likeness (QED) is 0.434. The van der Waals surface area contributed by atoms with Gasteiger partial charge in [-0.3, -0.25) is 9.59 Å². The zero-order valence-electron chi connectivity index (χ0n) is 19.9. The fraction of sp³-hybridized carbons (Fsp3) is 0.385. The zero-order chi connectivity index (χ0) is 23.7. The molecule has 0 aliphatic carbocycles. The second-order valence-electron chi connectivity index (χ2n) is 9.54. The topological polar surface area (TPSA) is 82.2 Å². The number of carbonyl (C=O) groups excluding carboxylic acids is 1. The Labute approximate surface area is 190 Å². The number of phenolic OH excluding ortho intramolecular Hbond substituents is 1. The molecule has 0 radical (unpaired) electrons. The molecule has 0 aliphatic rings. The molecule has 0 unspecified atom stereocenters. The fourth-order valence-electron chi connectivity index (χ4n) is 4.58. The van der Waals surface area contributed by atoms with Crippen LogP contribution in [0.5, 0.6) is 5.75 Å². The molecule has 2 aromatic carbocycles. The van der Waals surface area contributed by atoms with E-state index in [1.807, 2.05) is 6.07 Å². The van der Waals surface area contributed by atoms with E-state index < -0.39 is 14.0 Å². The lowest BCUT2D eigenvalue weighted by molar-refractivity contribution is 0.102. The van der Waals surface area contributed by atoms with Gasteiger partial charge in [0.1, 0.15) is 11.3 Å². The minimum Gasteiger partial charge on any atom is -0.508 e. The van der Waals surface area contributed by atoms with Crippen molar-refractivity contribution in [2.24, 2.45) is 0 Å². The lowest BCUT2D eigenvalue weighted by Gasteiger charge is -2.32. The Morgan fingerprint density at radius 3 is 2.28 bits per heavy atom. The van der Waals surface area contributed by atoms with E-state index in [0.717, 1.165) is 28.9 Å². The number of carbonyl (C=O) groups is 1. The molecule has 0 bridgehead atoms. The van der Waals surface area contributed by atoms with Gasteiger partial charge in [-0.25, -0.2) is 0 Å². The van der Waals surface area contributed by atoms with Crippen LogP contribution in [0.2, 0.25) is 18.1 Å². The predicted molar refractivity (Wildman–Crippen MR) is 136 cm³/mol. The average molecular weight is 451 g/mol. The van der Waals surface area contributed by atoms with Crippen LogP contribution in [0.15, 0.2) is 47.4 Å². The number of fused-ring (bicyclic) bond motifs is 1. The highest BCUT2D eigenvalue weighted by Crippen LogP contribution is 2.35. The summed E-state index contributed by atoms with van der Waals surface area (Å²) < 4.78 is 0. The zero-order valence-corrected chi connectivity index (χ0v) is 20.9. The molecule has 3 N–H and O–H groups in total. The van der Waals surface area contributed by atoms with Crippen molar-refractivity contribution in [2.45, 2.75) is 65.1 Å². The van der Waals surface area contributed by atoms with Gasteiger partial charge in [-0.15, -0.1) is 0 Å². The Morgan fingerprint density at radius 2 is 1.69 bits per heavy atom. The van der Waals surface area contributed by atoms with Crippen molar-refractivity contribution in [3.8, 4) is 5.75 Å². The summed E-state index contributed by atoms with van der Waals surface area (Å²) in [6.07, 6.45) is 1.45. The first-order valence-corrected chi connectivity index (χ1v) is 14.0. The van der Waals surface area contributed by atoms with Crippen molar-refractivity contribution in [1.82, 2.24) is 4.98 Å². The lowest BCUT2D eigenvalue weighted by Crippen LogP contribution is -2.46. The molecule has 0 saturated heterocycles. The summed E-state index contributed by atoms with van der Waals surface area (Å²) in [6, 6.07) is 14.0. The van der Waals surface area contributed by atoms with Crippen molar-refractivity contribution >= 4 is 35.8 Å². The molecule has 0 saturated carbocycles. The van der Waals surface area contributed by atoms with E-state index >= 15 is 0 Å². The molecule has 1 heterocycles. The van der Waals surface area contributed by atoms with Crippen LogP contribution in [0.3, 0.4) is 0 Å². The number of para-hydroxylation sites is 1. The molecule has 0 aliphatic heterocycles. The van der Waals surface area contributed by atoms with Crippen LogP contribution in [0.1, 0.15) is 57.5 Å². The first-order valence-electron chi connectivity index (χ1n) is 11.4. The van der Waals surface area contributed by atoms with Crippen molar-refractivity contribution in [2.75, 3.05) is 5.32 Å². The van der Waals surface area contributed by atoms with Gasteiger partial charge in [-0.05, 0) is 28.3 Å². The number of rotatable bonds is 6. The van der Waals surface area contributed by atoms with Gasteiger partial charge in [-0.2, -0.15) is 0 Å². The number of nitrogens with one attached hydrogen (secondary N) is 2. The molecule has 1 amide bonds. The Bertz CT molecular complexity index is 1200. The monoisotopic (exact) mass is 450 g/mol.